The van der Waals surface area contributed by atoms with E-state index in [4.69, 9.17) is 13.9 Å². The van der Waals surface area contributed by atoms with E-state index in [2.05, 4.69) is 10.6 Å². The van der Waals surface area contributed by atoms with Crippen molar-refractivity contribution in [2.45, 2.75) is 33.3 Å². The van der Waals surface area contributed by atoms with Gasteiger partial charge in [0.25, 0.3) is 11.8 Å². The van der Waals surface area contributed by atoms with Crippen LogP contribution < -0.4 is 20.1 Å². The summed E-state index contributed by atoms with van der Waals surface area (Å²) in [5.41, 5.74) is 2.39. The van der Waals surface area contributed by atoms with Gasteiger partial charge in [0.15, 0.2) is 5.76 Å². The minimum Gasteiger partial charge on any atom is -0.492 e. The number of hydrogen-bond donors (Lipinski definition) is 2. The zero-order valence-corrected chi connectivity index (χ0v) is 17.7. The molecule has 7 nitrogen and oxygen atoms in total. The smallest absolute Gasteiger partial charge is 0.291 e. The van der Waals surface area contributed by atoms with E-state index in [0.29, 0.717) is 27.9 Å². The minimum absolute atomic E-state index is 0.0975. The Morgan fingerprint density at radius 2 is 2.07 bits per heavy atom. The van der Waals surface area contributed by atoms with Gasteiger partial charge in [-0.25, -0.2) is 0 Å². The molecule has 0 saturated carbocycles. The summed E-state index contributed by atoms with van der Waals surface area (Å²) in [6.07, 6.45) is 2.34. The van der Waals surface area contributed by atoms with Gasteiger partial charge < -0.3 is 24.5 Å². The molecule has 1 aromatic carbocycles. The fraction of sp³-hybridized carbons (Fsp3) is 0.273. The summed E-state index contributed by atoms with van der Waals surface area (Å²) in [7, 11) is 0. The number of hydrogen-bond acceptors (Lipinski definition) is 6. The first-order chi connectivity index (χ1) is 14.4. The molecular formula is C22H22N2O5S. The molecule has 0 radical (unpaired) electrons. The molecule has 3 aromatic rings. The summed E-state index contributed by atoms with van der Waals surface area (Å²) >= 11 is 1.20. The summed E-state index contributed by atoms with van der Waals surface area (Å²) in [6.45, 7) is 6.21. The number of anilines is 2. The van der Waals surface area contributed by atoms with Crippen molar-refractivity contribution in [2.24, 2.45) is 0 Å². The highest BCUT2D eigenvalue weighted by atomic mass is 32.1. The summed E-state index contributed by atoms with van der Waals surface area (Å²) in [5.74, 6) is 0.943. The monoisotopic (exact) mass is 426 g/mol. The molecule has 3 heterocycles. The Balaban J connectivity index is 1.54. The van der Waals surface area contributed by atoms with Crippen molar-refractivity contribution >= 4 is 33.8 Å². The molecule has 2 amide bonds. The first-order valence-electron chi connectivity index (χ1n) is 9.67. The highest BCUT2D eigenvalue weighted by Crippen LogP contribution is 2.38. The van der Waals surface area contributed by atoms with Gasteiger partial charge in [0.2, 0.25) is 0 Å². The quantitative estimate of drug-likeness (QED) is 0.587. The van der Waals surface area contributed by atoms with E-state index < -0.39 is 0 Å². The molecule has 8 heteroatoms. The molecule has 4 rings (SSSR count). The van der Waals surface area contributed by atoms with Gasteiger partial charge in [0.05, 0.1) is 28.4 Å². The predicted molar refractivity (Wildman–Crippen MR) is 115 cm³/mol. The second kappa shape index (κ2) is 8.23. The zero-order chi connectivity index (χ0) is 21.3. The number of nitrogens with one attached hydrogen (secondary N) is 2. The number of rotatable bonds is 6. The van der Waals surface area contributed by atoms with E-state index in [1.165, 1.54) is 17.6 Å². The standard InChI is InChI=1S/C22H22N2O5S/c1-4-27-18-10-14-9-13(3)29-17(14)11-15(18)23-22(26)20-12(2)8-19(30-20)24-21(25)16-6-5-7-28-16/h5-8,10-11,13H,4,9H2,1-3H3,(H,23,26)(H,24,25). The summed E-state index contributed by atoms with van der Waals surface area (Å²) in [5, 5.41) is 6.25. The van der Waals surface area contributed by atoms with Gasteiger partial charge in [-0.1, -0.05) is 0 Å². The maximum atomic E-state index is 13.0. The lowest BCUT2D eigenvalue weighted by Crippen LogP contribution is -2.13. The topological polar surface area (TPSA) is 89.8 Å². The number of thiophene rings is 1. The molecule has 30 heavy (non-hydrogen) atoms. The molecule has 1 unspecified atom stereocenters. The van der Waals surface area contributed by atoms with Crippen LogP contribution in [0.25, 0.3) is 0 Å². The third-order valence-electron chi connectivity index (χ3n) is 4.65. The van der Waals surface area contributed by atoms with E-state index in [1.807, 2.05) is 32.9 Å². The van der Waals surface area contributed by atoms with E-state index in [-0.39, 0.29) is 23.7 Å². The van der Waals surface area contributed by atoms with Crippen LogP contribution in [0.1, 0.15) is 45.2 Å². The molecule has 1 aliphatic heterocycles. The van der Waals surface area contributed by atoms with Crippen LogP contribution >= 0.6 is 11.3 Å². The molecule has 2 aromatic heterocycles. The molecule has 0 aliphatic carbocycles. The first kappa shape index (κ1) is 20.0. The van der Waals surface area contributed by atoms with Gasteiger partial charge in [0, 0.05) is 18.1 Å². The van der Waals surface area contributed by atoms with Crippen LogP contribution in [0.4, 0.5) is 10.7 Å². The Morgan fingerprint density at radius 1 is 1.23 bits per heavy atom. The molecule has 0 bridgehead atoms. The summed E-state index contributed by atoms with van der Waals surface area (Å²) < 4.78 is 16.6. The zero-order valence-electron chi connectivity index (χ0n) is 16.9. The van der Waals surface area contributed by atoms with Gasteiger partial charge in [0.1, 0.15) is 17.6 Å². The van der Waals surface area contributed by atoms with E-state index in [1.54, 1.807) is 18.2 Å². The Labute approximate surface area is 178 Å². The van der Waals surface area contributed by atoms with E-state index in [9.17, 15) is 9.59 Å². The van der Waals surface area contributed by atoms with Crippen LogP contribution in [0.5, 0.6) is 11.5 Å². The second-order valence-corrected chi connectivity index (χ2v) is 8.08. The normalized spacial score (nSPS) is 14.7. The van der Waals surface area contributed by atoms with Crippen LogP contribution in [0.2, 0.25) is 0 Å². The predicted octanol–water partition coefficient (Wildman–Crippen LogP) is 4.88. The van der Waals surface area contributed by atoms with Crippen molar-refractivity contribution in [1.82, 2.24) is 0 Å². The SMILES string of the molecule is CCOc1cc2c(cc1NC(=O)c1sc(NC(=O)c3ccco3)cc1C)OC(C)C2. The van der Waals surface area contributed by atoms with Crippen molar-refractivity contribution in [3.63, 3.8) is 0 Å². The molecule has 0 saturated heterocycles. The van der Waals surface area contributed by atoms with Crippen LogP contribution in [0.15, 0.2) is 41.0 Å². The van der Waals surface area contributed by atoms with Gasteiger partial charge in [-0.05, 0) is 50.6 Å². The molecular weight excluding hydrogens is 404 g/mol. The third-order valence-corrected chi connectivity index (χ3v) is 5.80. The molecule has 1 atom stereocenters. The Kier molecular flexibility index (Phi) is 5.50. The fourth-order valence-corrected chi connectivity index (χ4v) is 4.30. The maximum absolute atomic E-state index is 13.0. The fourth-order valence-electron chi connectivity index (χ4n) is 3.34. The van der Waals surface area contributed by atoms with Crippen molar-refractivity contribution in [2.75, 3.05) is 17.2 Å². The van der Waals surface area contributed by atoms with Gasteiger partial charge >= 0.3 is 0 Å². The van der Waals surface area contributed by atoms with Crippen LogP contribution in [-0.2, 0) is 6.42 Å². The van der Waals surface area contributed by atoms with Crippen LogP contribution in [-0.4, -0.2) is 24.5 Å². The largest absolute Gasteiger partial charge is 0.492 e. The Hall–Kier alpha value is -3.26. The van der Waals surface area contributed by atoms with Crippen molar-refractivity contribution < 1.29 is 23.5 Å². The number of furan rings is 1. The average Bonchev–Trinajstić information content (AvgIpc) is 3.41. The third kappa shape index (κ3) is 4.04. The number of ether oxygens (including phenoxy) is 2. The van der Waals surface area contributed by atoms with Crippen molar-refractivity contribution in [3.05, 3.63) is 58.4 Å². The molecule has 0 fully saturated rings. The molecule has 1 aliphatic rings. The highest BCUT2D eigenvalue weighted by Gasteiger charge is 2.24. The number of carbonyl (C=O) groups is 2. The number of carbonyl (C=O) groups excluding carboxylic acids is 2. The van der Waals surface area contributed by atoms with Crippen molar-refractivity contribution in [3.8, 4) is 11.5 Å². The lowest BCUT2D eigenvalue weighted by atomic mass is 10.1. The Bertz CT molecular complexity index is 1090. The molecule has 2 N–H and O–H groups in total. The summed E-state index contributed by atoms with van der Waals surface area (Å²) in [6, 6.07) is 8.72. The van der Waals surface area contributed by atoms with Crippen molar-refractivity contribution in [1.29, 1.82) is 0 Å². The molecule has 156 valence electrons. The number of amides is 2. The lowest BCUT2D eigenvalue weighted by Gasteiger charge is -2.13. The molecule has 0 spiro atoms. The Morgan fingerprint density at radius 3 is 2.80 bits per heavy atom. The first-order valence-corrected chi connectivity index (χ1v) is 10.5. The van der Waals surface area contributed by atoms with Crippen LogP contribution in [0, 0.1) is 6.92 Å². The van der Waals surface area contributed by atoms with E-state index >= 15 is 0 Å². The maximum Gasteiger partial charge on any atom is 0.291 e. The van der Waals surface area contributed by atoms with Gasteiger partial charge in [-0.3, -0.25) is 9.59 Å². The summed E-state index contributed by atoms with van der Waals surface area (Å²) in [4.78, 5) is 25.6. The minimum atomic E-state index is -0.364. The van der Waals surface area contributed by atoms with E-state index in [0.717, 1.165) is 23.3 Å². The number of benzene rings is 1. The van der Waals surface area contributed by atoms with Crippen LogP contribution in [0.3, 0.4) is 0 Å². The number of fused-ring (bicyclic) bond motifs is 1. The highest BCUT2D eigenvalue weighted by molar-refractivity contribution is 7.18. The lowest BCUT2D eigenvalue weighted by molar-refractivity contribution is 0.0995. The average molecular weight is 426 g/mol. The number of aryl methyl sites for hydroxylation is 1. The van der Waals surface area contributed by atoms with Gasteiger partial charge in [-0.15, -0.1) is 11.3 Å². The second-order valence-electron chi connectivity index (χ2n) is 7.03. The van der Waals surface area contributed by atoms with Gasteiger partial charge in [-0.2, -0.15) is 0 Å².